The average molecular weight is 386 g/mol. The van der Waals surface area contributed by atoms with Gasteiger partial charge in [-0.2, -0.15) is 0 Å². The third-order valence-electron chi connectivity index (χ3n) is 4.60. The molecule has 142 valence electrons. The SMILES string of the molecule is Cc1c(C(C)(C)CO)cc(-c2nnc(-c3ccccc3)[nH]2)cc1S(N)(=O)=O. The summed E-state index contributed by atoms with van der Waals surface area (Å²) >= 11 is 0. The number of sulfonamides is 1. The molecule has 0 unspecified atom stereocenters. The van der Waals surface area contributed by atoms with Gasteiger partial charge in [0.25, 0.3) is 0 Å². The van der Waals surface area contributed by atoms with Crippen LogP contribution in [0.25, 0.3) is 22.8 Å². The Morgan fingerprint density at radius 3 is 2.22 bits per heavy atom. The number of nitrogens with one attached hydrogen (secondary N) is 1. The molecular formula is C19H22N4O3S. The largest absolute Gasteiger partial charge is 0.395 e. The van der Waals surface area contributed by atoms with Gasteiger partial charge < -0.3 is 10.1 Å². The van der Waals surface area contributed by atoms with E-state index >= 15 is 0 Å². The molecule has 7 nitrogen and oxygen atoms in total. The summed E-state index contributed by atoms with van der Waals surface area (Å²) in [6.45, 7) is 5.21. The van der Waals surface area contributed by atoms with Crippen molar-refractivity contribution in [2.75, 3.05) is 6.61 Å². The summed E-state index contributed by atoms with van der Waals surface area (Å²) < 4.78 is 24.2. The number of H-pyrrole nitrogens is 1. The predicted molar refractivity (Wildman–Crippen MR) is 103 cm³/mol. The molecule has 27 heavy (non-hydrogen) atoms. The second-order valence-corrected chi connectivity index (χ2v) is 8.65. The quantitative estimate of drug-likeness (QED) is 0.621. The number of rotatable bonds is 5. The summed E-state index contributed by atoms with van der Waals surface area (Å²) in [5.41, 5.74) is 1.95. The normalized spacial score (nSPS) is 12.3. The molecule has 1 heterocycles. The van der Waals surface area contributed by atoms with Crippen LogP contribution in [0.4, 0.5) is 0 Å². The summed E-state index contributed by atoms with van der Waals surface area (Å²) in [6.07, 6.45) is 0. The van der Waals surface area contributed by atoms with Crippen LogP contribution in [-0.4, -0.2) is 35.3 Å². The first-order chi connectivity index (χ1) is 12.6. The molecule has 0 aliphatic heterocycles. The molecule has 0 bridgehead atoms. The van der Waals surface area contributed by atoms with Crippen molar-refractivity contribution in [1.29, 1.82) is 0 Å². The summed E-state index contributed by atoms with van der Waals surface area (Å²) in [5, 5.41) is 23.5. The Morgan fingerprint density at radius 2 is 1.67 bits per heavy atom. The van der Waals surface area contributed by atoms with Gasteiger partial charge in [0.1, 0.15) is 0 Å². The van der Waals surface area contributed by atoms with E-state index in [-0.39, 0.29) is 11.5 Å². The summed E-state index contributed by atoms with van der Waals surface area (Å²) in [6, 6.07) is 12.8. The van der Waals surface area contributed by atoms with Crippen molar-refractivity contribution in [3.63, 3.8) is 0 Å². The topological polar surface area (TPSA) is 122 Å². The molecule has 8 heteroatoms. The van der Waals surface area contributed by atoms with E-state index in [0.717, 1.165) is 5.56 Å². The van der Waals surface area contributed by atoms with E-state index in [0.29, 0.717) is 28.3 Å². The van der Waals surface area contributed by atoms with Crippen LogP contribution >= 0.6 is 0 Å². The number of aromatic amines is 1. The van der Waals surface area contributed by atoms with Crippen LogP contribution in [0.15, 0.2) is 47.4 Å². The lowest BCUT2D eigenvalue weighted by Crippen LogP contribution is -2.25. The second kappa shape index (κ2) is 6.88. The van der Waals surface area contributed by atoms with Crippen LogP contribution in [0.3, 0.4) is 0 Å². The van der Waals surface area contributed by atoms with Gasteiger partial charge in [-0.3, -0.25) is 0 Å². The van der Waals surface area contributed by atoms with Gasteiger partial charge in [0.2, 0.25) is 10.0 Å². The van der Waals surface area contributed by atoms with E-state index in [2.05, 4.69) is 15.2 Å². The molecule has 0 saturated heterocycles. The predicted octanol–water partition coefficient (Wildman–Crippen LogP) is 2.36. The minimum atomic E-state index is -3.94. The molecule has 3 rings (SSSR count). The Bertz CT molecular complexity index is 1070. The summed E-state index contributed by atoms with van der Waals surface area (Å²) in [7, 11) is -3.94. The maximum absolute atomic E-state index is 12.1. The first kappa shape index (κ1) is 19.2. The number of nitrogens with zero attached hydrogens (tertiary/aromatic N) is 2. The molecule has 2 aromatic carbocycles. The Kier molecular flexibility index (Phi) is 4.90. The standard InChI is InChI=1S/C19H22N4O3S/c1-12-15(19(2,3)11-24)9-14(10-16(12)27(20,25)26)18-21-17(22-23-18)13-7-5-4-6-8-13/h4-10,24H,11H2,1-3H3,(H2,20,25,26)(H,21,22,23). The lowest BCUT2D eigenvalue weighted by atomic mass is 9.82. The van der Waals surface area contributed by atoms with E-state index in [1.165, 1.54) is 6.07 Å². The third kappa shape index (κ3) is 3.78. The molecule has 0 saturated carbocycles. The Hall–Kier alpha value is -2.55. The highest BCUT2D eigenvalue weighted by Crippen LogP contribution is 2.33. The fraction of sp³-hybridized carbons (Fsp3) is 0.263. The number of aliphatic hydroxyl groups excluding tert-OH is 1. The van der Waals surface area contributed by atoms with E-state index in [1.807, 2.05) is 50.2 Å². The lowest BCUT2D eigenvalue weighted by molar-refractivity contribution is 0.218. The fourth-order valence-electron chi connectivity index (χ4n) is 3.03. The first-order valence-corrected chi connectivity index (χ1v) is 9.95. The highest BCUT2D eigenvalue weighted by Gasteiger charge is 2.27. The minimum Gasteiger partial charge on any atom is -0.395 e. The number of hydrogen-bond acceptors (Lipinski definition) is 5. The van der Waals surface area contributed by atoms with E-state index < -0.39 is 15.4 Å². The van der Waals surface area contributed by atoms with E-state index in [4.69, 9.17) is 5.14 Å². The van der Waals surface area contributed by atoms with Crippen molar-refractivity contribution < 1.29 is 13.5 Å². The number of primary sulfonamides is 1. The van der Waals surface area contributed by atoms with Gasteiger partial charge in [-0.05, 0) is 30.2 Å². The molecule has 0 atom stereocenters. The van der Waals surface area contributed by atoms with Gasteiger partial charge in [0, 0.05) is 16.5 Å². The molecule has 3 aromatic rings. The van der Waals surface area contributed by atoms with E-state index in [1.54, 1.807) is 6.92 Å². The molecule has 0 amide bonds. The average Bonchev–Trinajstić information content (AvgIpc) is 3.11. The maximum Gasteiger partial charge on any atom is 0.238 e. The molecule has 0 aliphatic rings. The zero-order valence-corrected chi connectivity index (χ0v) is 16.2. The zero-order valence-electron chi connectivity index (χ0n) is 15.4. The zero-order chi connectivity index (χ0) is 19.8. The van der Waals surface area contributed by atoms with Crippen LogP contribution in [0.1, 0.15) is 25.0 Å². The van der Waals surface area contributed by atoms with Crippen LogP contribution in [0, 0.1) is 6.92 Å². The van der Waals surface area contributed by atoms with Gasteiger partial charge >= 0.3 is 0 Å². The Balaban J connectivity index is 2.19. The number of nitrogens with two attached hydrogens (primary N) is 1. The highest BCUT2D eigenvalue weighted by atomic mass is 32.2. The first-order valence-electron chi connectivity index (χ1n) is 8.41. The fourth-order valence-corrected chi connectivity index (χ4v) is 3.85. The van der Waals surface area contributed by atoms with Gasteiger partial charge in [-0.25, -0.2) is 13.6 Å². The van der Waals surface area contributed by atoms with Crippen molar-refractivity contribution in [2.45, 2.75) is 31.1 Å². The van der Waals surface area contributed by atoms with Crippen LogP contribution in [0.2, 0.25) is 0 Å². The molecule has 4 N–H and O–H groups in total. The maximum atomic E-state index is 12.1. The van der Waals surface area contributed by atoms with Crippen molar-refractivity contribution in [2.24, 2.45) is 5.14 Å². The number of benzene rings is 2. The van der Waals surface area contributed by atoms with Crippen LogP contribution in [-0.2, 0) is 15.4 Å². The van der Waals surface area contributed by atoms with Crippen LogP contribution in [0.5, 0.6) is 0 Å². The lowest BCUT2D eigenvalue weighted by Gasteiger charge is -2.26. The number of aliphatic hydroxyl groups is 1. The van der Waals surface area contributed by atoms with Gasteiger partial charge in [0.05, 0.1) is 11.5 Å². The van der Waals surface area contributed by atoms with Gasteiger partial charge in [0.15, 0.2) is 11.6 Å². The molecule has 0 spiro atoms. The number of hydrogen-bond donors (Lipinski definition) is 3. The second-order valence-electron chi connectivity index (χ2n) is 7.12. The minimum absolute atomic E-state index is 0.00851. The van der Waals surface area contributed by atoms with Gasteiger partial charge in [-0.1, -0.05) is 44.2 Å². The van der Waals surface area contributed by atoms with Crippen molar-refractivity contribution in [3.8, 4) is 22.8 Å². The smallest absolute Gasteiger partial charge is 0.238 e. The molecule has 0 aliphatic carbocycles. The molecule has 0 radical (unpaired) electrons. The third-order valence-corrected chi connectivity index (χ3v) is 5.64. The summed E-state index contributed by atoms with van der Waals surface area (Å²) in [5.74, 6) is 1.00. The summed E-state index contributed by atoms with van der Waals surface area (Å²) in [4.78, 5) is 3.13. The van der Waals surface area contributed by atoms with Crippen LogP contribution < -0.4 is 5.14 Å². The molecule has 1 aromatic heterocycles. The van der Waals surface area contributed by atoms with E-state index in [9.17, 15) is 13.5 Å². The Labute approximate surface area is 158 Å². The number of aromatic nitrogens is 3. The van der Waals surface area contributed by atoms with Gasteiger partial charge in [-0.15, -0.1) is 10.2 Å². The highest BCUT2D eigenvalue weighted by molar-refractivity contribution is 7.89. The molecular weight excluding hydrogens is 364 g/mol. The van der Waals surface area contributed by atoms with Crippen molar-refractivity contribution in [1.82, 2.24) is 15.2 Å². The van der Waals surface area contributed by atoms with Crippen molar-refractivity contribution >= 4 is 10.0 Å². The molecule has 0 fully saturated rings. The van der Waals surface area contributed by atoms with Crippen molar-refractivity contribution in [3.05, 3.63) is 53.6 Å². The monoisotopic (exact) mass is 386 g/mol. The Morgan fingerprint density at radius 1 is 1.07 bits per heavy atom.